The van der Waals surface area contributed by atoms with Crippen LogP contribution in [0, 0.1) is 0 Å². The van der Waals surface area contributed by atoms with Crippen LogP contribution < -0.4 is 4.90 Å². The van der Waals surface area contributed by atoms with Gasteiger partial charge in [-0.3, -0.25) is 9.69 Å². The van der Waals surface area contributed by atoms with Crippen LogP contribution in [0.2, 0.25) is 0 Å². The molecule has 1 aromatic rings. The van der Waals surface area contributed by atoms with Crippen LogP contribution in [0.25, 0.3) is 0 Å². The highest BCUT2D eigenvalue weighted by molar-refractivity contribution is 7.14. The first-order valence-electron chi connectivity index (χ1n) is 5.00. The van der Waals surface area contributed by atoms with Gasteiger partial charge in [-0.2, -0.15) is 0 Å². The number of anilines is 1. The Morgan fingerprint density at radius 1 is 1.40 bits per heavy atom. The molecule has 0 saturated carbocycles. The molecule has 2 nitrogen and oxygen atoms in total. The maximum atomic E-state index is 11.3. The van der Waals surface area contributed by atoms with Crippen molar-refractivity contribution >= 4 is 33.3 Å². The van der Waals surface area contributed by atoms with E-state index >= 15 is 0 Å². The van der Waals surface area contributed by atoms with Gasteiger partial charge in [0.05, 0.1) is 5.00 Å². The SMILES string of the molecule is CC(C)c1csc(N(C(=O)Cl)C(C)C)c1. The Labute approximate surface area is 99.9 Å². The number of thiophene rings is 1. The standard InChI is InChI=1S/C11H16ClNOS/c1-7(2)9-5-10(15-6-9)13(8(3)4)11(12)14/h5-8H,1-4H3. The van der Waals surface area contributed by atoms with E-state index in [-0.39, 0.29) is 6.04 Å². The third kappa shape index (κ3) is 2.95. The van der Waals surface area contributed by atoms with Crippen molar-refractivity contribution in [3.8, 4) is 0 Å². The van der Waals surface area contributed by atoms with E-state index in [4.69, 9.17) is 11.6 Å². The first kappa shape index (κ1) is 12.5. The zero-order valence-electron chi connectivity index (χ0n) is 9.45. The van der Waals surface area contributed by atoms with Crippen LogP contribution in [0.5, 0.6) is 0 Å². The summed E-state index contributed by atoms with van der Waals surface area (Å²) in [5.74, 6) is 0.481. The molecule has 1 heterocycles. The molecule has 0 fully saturated rings. The molecule has 0 atom stereocenters. The second-order valence-corrected chi connectivity index (χ2v) is 5.30. The largest absolute Gasteiger partial charge is 0.321 e. The Bertz CT molecular complexity index is 346. The van der Waals surface area contributed by atoms with Crippen molar-refractivity contribution in [1.82, 2.24) is 0 Å². The fraction of sp³-hybridized carbons (Fsp3) is 0.545. The molecule has 0 bridgehead atoms. The zero-order valence-corrected chi connectivity index (χ0v) is 11.0. The highest BCUT2D eigenvalue weighted by Crippen LogP contribution is 2.31. The van der Waals surface area contributed by atoms with Gasteiger partial charge in [-0.05, 0) is 48.4 Å². The van der Waals surface area contributed by atoms with E-state index in [2.05, 4.69) is 19.2 Å². The topological polar surface area (TPSA) is 20.3 Å². The highest BCUT2D eigenvalue weighted by Gasteiger charge is 2.19. The Kier molecular flexibility index (Phi) is 4.17. The summed E-state index contributed by atoms with van der Waals surface area (Å²) >= 11 is 7.12. The lowest BCUT2D eigenvalue weighted by molar-refractivity contribution is 0.263. The van der Waals surface area contributed by atoms with Gasteiger partial charge in [0.25, 0.3) is 0 Å². The molecule has 4 heteroatoms. The number of halogens is 1. The number of rotatable bonds is 3. The third-order valence-electron chi connectivity index (χ3n) is 2.22. The monoisotopic (exact) mass is 245 g/mol. The van der Waals surface area contributed by atoms with Gasteiger partial charge < -0.3 is 0 Å². The molecule has 1 rings (SSSR count). The van der Waals surface area contributed by atoms with Crippen molar-refractivity contribution in [1.29, 1.82) is 0 Å². The summed E-state index contributed by atoms with van der Waals surface area (Å²) in [4.78, 5) is 12.9. The maximum absolute atomic E-state index is 11.3. The molecule has 1 amide bonds. The van der Waals surface area contributed by atoms with E-state index < -0.39 is 5.37 Å². The third-order valence-corrected chi connectivity index (χ3v) is 3.34. The van der Waals surface area contributed by atoms with E-state index in [0.717, 1.165) is 5.00 Å². The minimum atomic E-state index is -0.415. The first-order chi connectivity index (χ1) is 6.93. The van der Waals surface area contributed by atoms with E-state index in [0.29, 0.717) is 5.92 Å². The van der Waals surface area contributed by atoms with E-state index in [1.807, 2.05) is 19.9 Å². The van der Waals surface area contributed by atoms with Crippen molar-refractivity contribution in [2.24, 2.45) is 0 Å². The Hall–Kier alpha value is -0.540. The minimum Gasteiger partial charge on any atom is -0.288 e. The molecular formula is C11H16ClNOS. The van der Waals surface area contributed by atoms with Gasteiger partial charge in [0, 0.05) is 6.04 Å². The molecule has 1 aromatic heterocycles. The lowest BCUT2D eigenvalue weighted by atomic mass is 10.1. The average molecular weight is 246 g/mol. The van der Waals surface area contributed by atoms with Crippen molar-refractivity contribution in [2.75, 3.05) is 4.90 Å². The van der Waals surface area contributed by atoms with Crippen molar-refractivity contribution < 1.29 is 4.79 Å². The lowest BCUT2D eigenvalue weighted by Gasteiger charge is -2.21. The fourth-order valence-electron chi connectivity index (χ4n) is 1.31. The predicted molar refractivity (Wildman–Crippen MR) is 67.3 cm³/mol. The highest BCUT2D eigenvalue weighted by atomic mass is 35.5. The number of hydrogen-bond donors (Lipinski definition) is 0. The number of nitrogens with zero attached hydrogens (tertiary/aromatic N) is 1. The first-order valence-corrected chi connectivity index (χ1v) is 6.26. The van der Waals surface area contributed by atoms with Gasteiger partial charge >= 0.3 is 5.37 Å². The van der Waals surface area contributed by atoms with E-state index in [1.54, 1.807) is 16.2 Å². The van der Waals surface area contributed by atoms with Crippen LogP contribution in [0.15, 0.2) is 11.4 Å². The van der Waals surface area contributed by atoms with Crippen LogP contribution in [-0.4, -0.2) is 11.4 Å². The Morgan fingerprint density at radius 2 is 2.00 bits per heavy atom. The van der Waals surface area contributed by atoms with Crippen LogP contribution in [-0.2, 0) is 0 Å². The average Bonchev–Trinajstić information content (AvgIpc) is 2.51. The van der Waals surface area contributed by atoms with Crippen LogP contribution >= 0.6 is 22.9 Å². The molecule has 0 aromatic carbocycles. The van der Waals surface area contributed by atoms with Crippen LogP contribution in [0.1, 0.15) is 39.2 Å². The van der Waals surface area contributed by atoms with Gasteiger partial charge in [-0.25, -0.2) is 0 Å². The summed E-state index contributed by atoms with van der Waals surface area (Å²) in [5, 5.41) is 2.59. The summed E-state index contributed by atoms with van der Waals surface area (Å²) in [5.41, 5.74) is 1.25. The van der Waals surface area contributed by atoms with Crippen molar-refractivity contribution in [2.45, 2.75) is 39.7 Å². The molecule has 0 spiro atoms. The Morgan fingerprint density at radius 3 is 2.33 bits per heavy atom. The minimum absolute atomic E-state index is 0.0914. The van der Waals surface area contributed by atoms with Gasteiger partial charge in [0.2, 0.25) is 0 Å². The number of carbonyl (C=O) groups excluding carboxylic acids is 1. The smallest absolute Gasteiger partial charge is 0.288 e. The molecular weight excluding hydrogens is 230 g/mol. The summed E-state index contributed by atoms with van der Waals surface area (Å²) < 4.78 is 0. The summed E-state index contributed by atoms with van der Waals surface area (Å²) in [6, 6.07) is 2.13. The summed E-state index contributed by atoms with van der Waals surface area (Å²) in [7, 11) is 0. The second kappa shape index (κ2) is 4.99. The summed E-state index contributed by atoms with van der Waals surface area (Å²) in [6.07, 6.45) is 0. The molecule has 0 aliphatic heterocycles. The normalized spacial score (nSPS) is 11.1. The summed E-state index contributed by atoms with van der Waals surface area (Å²) in [6.45, 7) is 8.17. The molecule has 0 aliphatic carbocycles. The maximum Gasteiger partial charge on any atom is 0.321 e. The molecule has 84 valence electrons. The second-order valence-electron chi connectivity index (χ2n) is 4.09. The van der Waals surface area contributed by atoms with Crippen molar-refractivity contribution in [3.63, 3.8) is 0 Å². The quantitative estimate of drug-likeness (QED) is 0.569. The van der Waals surface area contributed by atoms with Gasteiger partial charge in [-0.1, -0.05) is 13.8 Å². The molecule has 15 heavy (non-hydrogen) atoms. The molecule has 0 saturated heterocycles. The fourth-order valence-corrected chi connectivity index (χ4v) is 2.86. The predicted octanol–water partition coefficient (Wildman–Crippen LogP) is 4.45. The van der Waals surface area contributed by atoms with E-state index in [1.165, 1.54) is 5.56 Å². The van der Waals surface area contributed by atoms with Crippen molar-refractivity contribution in [3.05, 3.63) is 17.0 Å². The van der Waals surface area contributed by atoms with Gasteiger partial charge in [0.15, 0.2) is 0 Å². The molecule has 0 unspecified atom stereocenters. The molecule has 0 radical (unpaired) electrons. The van der Waals surface area contributed by atoms with E-state index in [9.17, 15) is 4.79 Å². The van der Waals surface area contributed by atoms with Gasteiger partial charge in [-0.15, -0.1) is 11.3 Å². The lowest BCUT2D eigenvalue weighted by Crippen LogP contribution is -2.32. The van der Waals surface area contributed by atoms with Gasteiger partial charge in [0.1, 0.15) is 0 Å². The number of hydrogen-bond acceptors (Lipinski definition) is 2. The molecule has 0 N–H and O–H groups in total. The number of carbonyl (C=O) groups is 1. The molecule has 0 aliphatic rings. The van der Waals surface area contributed by atoms with Crippen LogP contribution in [0.4, 0.5) is 9.80 Å². The van der Waals surface area contributed by atoms with Crippen LogP contribution in [0.3, 0.4) is 0 Å². The Balaban J connectivity index is 2.97. The zero-order chi connectivity index (χ0) is 11.6. The number of amides is 1.